The van der Waals surface area contributed by atoms with Gasteiger partial charge in [-0.3, -0.25) is 0 Å². The first-order valence-electron chi connectivity index (χ1n) is 9.24. The number of guanidine groups is 1. The molecule has 0 spiro atoms. The quantitative estimate of drug-likeness (QED) is 0.387. The topological polar surface area (TPSA) is 76.4 Å². The first-order valence-corrected chi connectivity index (χ1v) is 9.24. The lowest BCUT2D eigenvalue weighted by Gasteiger charge is -2.12. The minimum absolute atomic E-state index is 0.578. The Kier molecular flexibility index (Phi) is 8.62. The van der Waals surface area contributed by atoms with E-state index >= 15 is 0 Å². The lowest BCUT2D eigenvalue weighted by atomic mass is 10.2. The standard InChI is InChI=1S/C19H30N6O/c1-4-20-19(22-8-6-12-26-15-16(2)3)23-14-17-7-10-21-18(13-17)25-11-5-9-24-25/h5,7,9-11,13,16H,4,6,8,12,14-15H2,1-3H3,(H2,20,22,23). The average Bonchev–Trinajstić information content (AvgIpc) is 3.17. The van der Waals surface area contributed by atoms with Gasteiger partial charge in [-0.25, -0.2) is 14.7 Å². The number of rotatable bonds is 10. The van der Waals surface area contributed by atoms with E-state index in [2.05, 4.69) is 46.5 Å². The summed E-state index contributed by atoms with van der Waals surface area (Å²) in [5.74, 6) is 2.19. The predicted octanol–water partition coefficient (Wildman–Crippen LogP) is 2.39. The van der Waals surface area contributed by atoms with Crippen LogP contribution < -0.4 is 10.6 Å². The van der Waals surface area contributed by atoms with Crippen molar-refractivity contribution in [2.45, 2.75) is 33.7 Å². The van der Waals surface area contributed by atoms with E-state index in [1.54, 1.807) is 17.1 Å². The molecule has 0 aliphatic carbocycles. The lowest BCUT2D eigenvalue weighted by molar-refractivity contribution is 0.108. The number of hydrogen-bond acceptors (Lipinski definition) is 4. The summed E-state index contributed by atoms with van der Waals surface area (Å²) in [6.07, 6.45) is 6.36. The molecule has 0 aliphatic heterocycles. The molecule has 26 heavy (non-hydrogen) atoms. The summed E-state index contributed by atoms with van der Waals surface area (Å²) >= 11 is 0. The van der Waals surface area contributed by atoms with Gasteiger partial charge in [-0.05, 0) is 43.0 Å². The van der Waals surface area contributed by atoms with Crippen molar-refractivity contribution in [1.82, 2.24) is 25.4 Å². The third kappa shape index (κ3) is 7.23. The highest BCUT2D eigenvalue weighted by molar-refractivity contribution is 5.79. The van der Waals surface area contributed by atoms with Crippen molar-refractivity contribution >= 4 is 5.96 Å². The first kappa shape index (κ1) is 19.9. The van der Waals surface area contributed by atoms with Crippen LogP contribution in [-0.2, 0) is 11.3 Å². The van der Waals surface area contributed by atoms with Crippen molar-refractivity contribution in [3.63, 3.8) is 0 Å². The van der Waals surface area contributed by atoms with Gasteiger partial charge in [0.1, 0.15) is 0 Å². The molecule has 2 aromatic heterocycles. The van der Waals surface area contributed by atoms with Crippen LogP contribution in [0.5, 0.6) is 0 Å². The van der Waals surface area contributed by atoms with Crippen LogP contribution in [0, 0.1) is 5.92 Å². The van der Waals surface area contributed by atoms with Crippen molar-refractivity contribution in [2.75, 3.05) is 26.3 Å². The van der Waals surface area contributed by atoms with E-state index in [9.17, 15) is 0 Å². The minimum atomic E-state index is 0.578. The van der Waals surface area contributed by atoms with Crippen LogP contribution >= 0.6 is 0 Å². The molecule has 2 heterocycles. The SMILES string of the molecule is CCNC(=NCc1ccnc(-n2cccn2)c1)NCCCOCC(C)C. The van der Waals surface area contributed by atoms with Gasteiger partial charge < -0.3 is 15.4 Å². The fourth-order valence-corrected chi connectivity index (χ4v) is 2.30. The number of pyridine rings is 1. The van der Waals surface area contributed by atoms with Crippen LogP contribution in [0.15, 0.2) is 41.8 Å². The Labute approximate surface area is 155 Å². The summed E-state index contributed by atoms with van der Waals surface area (Å²) in [5, 5.41) is 10.8. The van der Waals surface area contributed by atoms with Gasteiger partial charge in [0.2, 0.25) is 0 Å². The summed E-state index contributed by atoms with van der Waals surface area (Å²) in [4.78, 5) is 8.99. The number of aliphatic imine (C=N–C) groups is 1. The van der Waals surface area contributed by atoms with E-state index in [1.807, 2.05) is 24.4 Å². The second-order valence-electron chi connectivity index (χ2n) is 6.42. The van der Waals surface area contributed by atoms with E-state index in [4.69, 9.17) is 4.74 Å². The zero-order valence-electron chi connectivity index (χ0n) is 16.0. The fraction of sp³-hybridized carbons (Fsp3) is 0.526. The molecule has 2 N–H and O–H groups in total. The van der Waals surface area contributed by atoms with Gasteiger partial charge in [0.25, 0.3) is 0 Å². The van der Waals surface area contributed by atoms with E-state index in [1.165, 1.54) is 0 Å². The van der Waals surface area contributed by atoms with Crippen LogP contribution in [0.3, 0.4) is 0 Å². The number of aromatic nitrogens is 3. The van der Waals surface area contributed by atoms with Gasteiger partial charge in [-0.2, -0.15) is 5.10 Å². The molecule has 0 bridgehead atoms. The summed E-state index contributed by atoms with van der Waals surface area (Å²) in [7, 11) is 0. The van der Waals surface area contributed by atoms with Crippen molar-refractivity contribution in [3.8, 4) is 5.82 Å². The molecule has 2 rings (SSSR count). The average molecular weight is 358 g/mol. The maximum Gasteiger partial charge on any atom is 0.191 e. The highest BCUT2D eigenvalue weighted by atomic mass is 16.5. The van der Waals surface area contributed by atoms with Crippen molar-refractivity contribution in [3.05, 3.63) is 42.4 Å². The molecule has 142 valence electrons. The molecule has 0 unspecified atom stereocenters. The monoisotopic (exact) mass is 358 g/mol. The largest absolute Gasteiger partial charge is 0.381 e. The van der Waals surface area contributed by atoms with E-state index in [0.29, 0.717) is 12.5 Å². The third-order valence-corrected chi connectivity index (χ3v) is 3.52. The van der Waals surface area contributed by atoms with E-state index in [-0.39, 0.29) is 0 Å². The molecule has 0 aromatic carbocycles. The molecule has 0 radical (unpaired) electrons. The maximum atomic E-state index is 5.60. The van der Waals surface area contributed by atoms with Crippen molar-refractivity contribution in [2.24, 2.45) is 10.9 Å². The number of ether oxygens (including phenoxy) is 1. The molecule has 0 saturated heterocycles. The van der Waals surface area contributed by atoms with Gasteiger partial charge in [0.05, 0.1) is 6.54 Å². The van der Waals surface area contributed by atoms with Crippen LogP contribution in [0.2, 0.25) is 0 Å². The zero-order valence-corrected chi connectivity index (χ0v) is 16.0. The second-order valence-corrected chi connectivity index (χ2v) is 6.42. The molecular weight excluding hydrogens is 328 g/mol. The van der Waals surface area contributed by atoms with Gasteiger partial charge >= 0.3 is 0 Å². The third-order valence-electron chi connectivity index (χ3n) is 3.52. The fourth-order valence-electron chi connectivity index (χ4n) is 2.30. The van der Waals surface area contributed by atoms with Crippen LogP contribution in [0.4, 0.5) is 0 Å². The Morgan fingerprint density at radius 3 is 2.92 bits per heavy atom. The van der Waals surface area contributed by atoms with Crippen molar-refractivity contribution in [1.29, 1.82) is 0 Å². The number of nitrogens with one attached hydrogen (secondary N) is 2. The van der Waals surface area contributed by atoms with Gasteiger partial charge in [0.15, 0.2) is 11.8 Å². The van der Waals surface area contributed by atoms with Crippen LogP contribution in [0.1, 0.15) is 32.8 Å². The van der Waals surface area contributed by atoms with E-state index in [0.717, 1.165) is 50.1 Å². The molecule has 0 aliphatic rings. The molecule has 0 amide bonds. The highest BCUT2D eigenvalue weighted by Crippen LogP contribution is 2.07. The summed E-state index contributed by atoms with van der Waals surface area (Å²) < 4.78 is 7.34. The summed E-state index contributed by atoms with van der Waals surface area (Å²) in [5.41, 5.74) is 1.09. The first-order chi connectivity index (χ1) is 12.7. The Morgan fingerprint density at radius 1 is 1.31 bits per heavy atom. The Bertz CT molecular complexity index is 654. The number of nitrogens with zero attached hydrogens (tertiary/aromatic N) is 4. The molecule has 0 atom stereocenters. The van der Waals surface area contributed by atoms with Gasteiger partial charge in [-0.1, -0.05) is 13.8 Å². The Morgan fingerprint density at radius 2 is 2.19 bits per heavy atom. The normalized spacial score (nSPS) is 11.8. The van der Waals surface area contributed by atoms with Gasteiger partial charge in [-0.15, -0.1) is 0 Å². The summed E-state index contributed by atoms with van der Waals surface area (Å²) in [6, 6.07) is 5.85. The maximum absolute atomic E-state index is 5.60. The van der Waals surface area contributed by atoms with Crippen LogP contribution in [0.25, 0.3) is 5.82 Å². The molecule has 7 heteroatoms. The zero-order chi connectivity index (χ0) is 18.6. The lowest BCUT2D eigenvalue weighted by Crippen LogP contribution is -2.38. The molecule has 7 nitrogen and oxygen atoms in total. The van der Waals surface area contributed by atoms with Crippen LogP contribution in [-0.4, -0.2) is 47.0 Å². The number of hydrogen-bond donors (Lipinski definition) is 2. The molecule has 0 saturated carbocycles. The molecular formula is C19H30N6O. The van der Waals surface area contributed by atoms with Crippen molar-refractivity contribution < 1.29 is 4.74 Å². The second kappa shape index (κ2) is 11.3. The summed E-state index contributed by atoms with van der Waals surface area (Å²) in [6.45, 7) is 10.2. The predicted molar refractivity (Wildman–Crippen MR) is 104 cm³/mol. The highest BCUT2D eigenvalue weighted by Gasteiger charge is 2.01. The van der Waals surface area contributed by atoms with E-state index < -0.39 is 0 Å². The molecule has 0 fully saturated rings. The minimum Gasteiger partial charge on any atom is -0.381 e. The Balaban J connectivity index is 1.83. The smallest absolute Gasteiger partial charge is 0.191 e. The Hall–Kier alpha value is -2.41. The molecule has 2 aromatic rings. The van der Waals surface area contributed by atoms with Gasteiger partial charge in [0, 0.05) is 44.9 Å².